The summed E-state index contributed by atoms with van der Waals surface area (Å²) in [5.41, 5.74) is 0.471. The fraction of sp³-hybridized carbons (Fsp3) is 0.304. The second kappa shape index (κ2) is 7.40. The predicted molar refractivity (Wildman–Crippen MR) is 102 cm³/mol. The Bertz CT molecular complexity index is 1010. The maximum absolute atomic E-state index is 12.8. The average Bonchev–Trinajstić information content (AvgIpc) is 2.97. The van der Waals surface area contributed by atoms with Gasteiger partial charge in [-0.15, -0.1) is 0 Å². The third-order valence-corrected chi connectivity index (χ3v) is 5.49. The molecule has 1 aliphatic heterocycles. The van der Waals surface area contributed by atoms with Crippen molar-refractivity contribution in [1.29, 1.82) is 0 Å². The molecule has 3 nitrogen and oxygen atoms in total. The third kappa shape index (κ3) is 3.77. The molecule has 2 unspecified atom stereocenters. The van der Waals surface area contributed by atoms with E-state index >= 15 is 0 Å². The summed E-state index contributed by atoms with van der Waals surface area (Å²) in [6, 6.07) is 11.5. The molecule has 1 saturated carbocycles. The predicted octanol–water partition coefficient (Wildman–Crippen LogP) is 4.78. The number of carbonyl (C=O) groups excluding carboxylic acids is 2. The van der Waals surface area contributed by atoms with Crippen LogP contribution in [0.4, 0.5) is 18.9 Å². The molecule has 1 aliphatic carbocycles. The van der Waals surface area contributed by atoms with E-state index in [1.165, 1.54) is 17.0 Å². The van der Waals surface area contributed by atoms with E-state index in [1.807, 2.05) is 0 Å². The van der Waals surface area contributed by atoms with Gasteiger partial charge in [-0.05, 0) is 49.2 Å². The summed E-state index contributed by atoms with van der Waals surface area (Å²) < 4.78 is 38.5. The topological polar surface area (TPSA) is 37.4 Å². The average molecular weight is 397 g/mol. The molecule has 2 aromatic rings. The molecule has 0 N–H and O–H groups in total. The highest BCUT2D eigenvalue weighted by Gasteiger charge is 2.48. The number of nitrogens with zero attached hydrogens (tertiary/aromatic N) is 1. The Kier molecular flexibility index (Phi) is 4.91. The molecule has 0 spiro atoms. The number of halogens is 3. The molecule has 2 atom stereocenters. The van der Waals surface area contributed by atoms with Crippen molar-refractivity contribution in [1.82, 2.24) is 0 Å². The molecule has 29 heavy (non-hydrogen) atoms. The SMILES string of the molecule is O=C1C2CCCCC2C(=O)N1c1cccc(C#Cc2cccc(C(F)(F)F)c2)c1. The lowest BCUT2D eigenvalue weighted by molar-refractivity contribution is -0.137. The van der Waals surface area contributed by atoms with Crippen LogP contribution in [0.3, 0.4) is 0 Å². The molecule has 2 aromatic carbocycles. The lowest BCUT2D eigenvalue weighted by atomic mass is 9.81. The van der Waals surface area contributed by atoms with E-state index < -0.39 is 11.7 Å². The van der Waals surface area contributed by atoms with E-state index in [9.17, 15) is 22.8 Å². The van der Waals surface area contributed by atoms with Crippen molar-refractivity contribution in [3.05, 3.63) is 65.2 Å². The van der Waals surface area contributed by atoms with Gasteiger partial charge < -0.3 is 0 Å². The van der Waals surface area contributed by atoms with Crippen LogP contribution in [0.25, 0.3) is 0 Å². The summed E-state index contributed by atoms with van der Waals surface area (Å²) in [5.74, 6) is 4.75. The highest BCUT2D eigenvalue weighted by Crippen LogP contribution is 2.40. The summed E-state index contributed by atoms with van der Waals surface area (Å²) in [5, 5.41) is 0. The highest BCUT2D eigenvalue weighted by molar-refractivity contribution is 6.22. The minimum absolute atomic E-state index is 0.164. The fourth-order valence-electron chi connectivity index (χ4n) is 4.06. The molecule has 4 rings (SSSR count). The quantitative estimate of drug-likeness (QED) is 0.513. The summed E-state index contributed by atoms with van der Waals surface area (Å²) in [6.45, 7) is 0. The van der Waals surface area contributed by atoms with Gasteiger partial charge in [-0.3, -0.25) is 14.5 Å². The molecule has 2 aliphatic rings. The minimum Gasteiger partial charge on any atom is -0.274 e. The van der Waals surface area contributed by atoms with E-state index in [-0.39, 0.29) is 29.2 Å². The van der Waals surface area contributed by atoms with Crippen molar-refractivity contribution in [2.45, 2.75) is 31.9 Å². The number of anilines is 1. The van der Waals surface area contributed by atoms with E-state index in [0.717, 1.165) is 37.8 Å². The molecule has 2 amide bonds. The zero-order chi connectivity index (χ0) is 20.6. The van der Waals surface area contributed by atoms with Crippen molar-refractivity contribution in [2.75, 3.05) is 4.90 Å². The third-order valence-electron chi connectivity index (χ3n) is 5.49. The maximum atomic E-state index is 12.8. The molecule has 2 fully saturated rings. The fourth-order valence-corrected chi connectivity index (χ4v) is 4.06. The number of carbonyl (C=O) groups is 2. The van der Waals surface area contributed by atoms with Crippen LogP contribution < -0.4 is 4.90 Å². The molecule has 148 valence electrons. The van der Waals surface area contributed by atoms with E-state index in [2.05, 4.69) is 11.8 Å². The second-order valence-electron chi connectivity index (χ2n) is 7.39. The van der Waals surface area contributed by atoms with Crippen LogP contribution >= 0.6 is 0 Å². The van der Waals surface area contributed by atoms with Gasteiger partial charge in [-0.25, -0.2) is 0 Å². The summed E-state index contributed by atoms with van der Waals surface area (Å²) in [7, 11) is 0. The Hall–Kier alpha value is -3.07. The van der Waals surface area contributed by atoms with Gasteiger partial charge in [0.1, 0.15) is 0 Å². The van der Waals surface area contributed by atoms with E-state index in [4.69, 9.17) is 0 Å². The Morgan fingerprint density at radius 2 is 1.38 bits per heavy atom. The normalized spacial score (nSPS) is 21.6. The second-order valence-corrected chi connectivity index (χ2v) is 7.39. The van der Waals surface area contributed by atoms with Gasteiger partial charge in [0.15, 0.2) is 0 Å². The monoisotopic (exact) mass is 397 g/mol. The van der Waals surface area contributed by atoms with Crippen molar-refractivity contribution >= 4 is 17.5 Å². The van der Waals surface area contributed by atoms with Crippen molar-refractivity contribution in [3.63, 3.8) is 0 Å². The Labute approximate surface area is 166 Å². The molecule has 0 radical (unpaired) electrons. The van der Waals surface area contributed by atoms with Crippen molar-refractivity contribution in [2.24, 2.45) is 11.8 Å². The molecule has 0 bridgehead atoms. The van der Waals surface area contributed by atoms with Crippen LogP contribution in [0.2, 0.25) is 0 Å². The number of hydrogen-bond acceptors (Lipinski definition) is 2. The molecular formula is C23H18F3NO2. The number of imide groups is 1. The van der Waals surface area contributed by atoms with Gasteiger partial charge in [-0.1, -0.05) is 36.8 Å². The molecule has 0 aromatic heterocycles. The van der Waals surface area contributed by atoms with Gasteiger partial charge in [0, 0.05) is 11.1 Å². The van der Waals surface area contributed by atoms with Crippen LogP contribution in [0.5, 0.6) is 0 Å². The number of rotatable bonds is 1. The maximum Gasteiger partial charge on any atom is 0.416 e. The lowest BCUT2D eigenvalue weighted by Gasteiger charge is -2.19. The number of hydrogen-bond donors (Lipinski definition) is 0. The number of fused-ring (bicyclic) bond motifs is 1. The molecule has 1 saturated heterocycles. The van der Waals surface area contributed by atoms with Gasteiger partial charge in [0.25, 0.3) is 0 Å². The first-order chi connectivity index (χ1) is 13.8. The number of amides is 2. The summed E-state index contributed by atoms with van der Waals surface area (Å²) in [6.07, 6.45) is -1.04. The van der Waals surface area contributed by atoms with Gasteiger partial charge in [0.05, 0.1) is 23.1 Å². The number of alkyl halides is 3. The molecule has 6 heteroatoms. The van der Waals surface area contributed by atoms with Crippen molar-refractivity contribution < 1.29 is 22.8 Å². The van der Waals surface area contributed by atoms with Crippen LogP contribution in [0.15, 0.2) is 48.5 Å². The van der Waals surface area contributed by atoms with Crippen LogP contribution in [-0.4, -0.2) is 11.8 Å². The van der Waals surface area contributed by atoms with E-state index in [1.54, 1.807) is 24.3 Å². The Morgan fingerprint density at radius 3 is 1.97 bits per heavy atom. The van der Waals surface area contributed by atoms with Crippen LogP contribution in [0, 0.1) is 23.7 Å². The van der Waals surface area contributed by atoms with Gasteiger partial charge in [0.2, 0.25) is 11.8 Å². The van der Waals surface area contributed by atoms with Gasteiger partial charge >= 0.3 is 6.18 Å². The molecular weight excluding hydrogens is 379 g/mol. The zero-order valence-electron chi connectivity index (χ0n) is 15.5. The number of benzene rings is 2. The smallest absolute Gasteiger partial charge is 0.274 e. The Balaban J connectivity index is 1.60. The Morgan fingerprint density at radius 1 is 0.828 bits per heavy atom. The van der Waals surface area contributed by atoms with Gasteiger partial charge in [-0.2, -0.15) is 13.2 Å². The minimum atomic E-state index is -4.43. The summed E-state index contributed by atoms with van der Waals surface area (Å²) in [4.78, 5) is 26.7. The summed E-state index contributed by atoms with van der Waals surface area (Å²) >= 11 is 0. The standard InChI is InChI=1S/C23H18F3NO2/c24-23(25,26)17-7-3-5-15(13-17)11-12-16-6-4-8-18(14-16)27-21(28)19-9-1-2-10-20(19)22(27)29/h3-8,13-14,19-20H,1-2,9-10H2. The highest BCUT2D eigenvalue weighted by atomic mass is 19.4. The lowest BCUT2D eigenvalue weighted by Crippen LogP contribution is -2.30. The zero-order valence-corrected chi connectivity index (χ0v) is 15.5. The van der Waals surface area contributed by atoms with Crippen LogP contribution in [-0.2, 0) is 15.8 Å². The first-order valence-corrected chi connectivity index (χ1v) is 9.52. The van der Waals surface area contributed by atoms with Crippen LogP contribution in [0.1, 0.15) is 42.4 Å². The van der Waals surface area contributed by atoms with Crippen molar-refractivity contribution in [3.8, 4) is 11.8 Å². The van der Waals surface area contributed by atoms with E-state index in [0.29, 0.717) is 11.3 Å². The molecule has 1 heterocycles. The first-order valence-electron chi connectivity index (χ1n) is 9.52. The first kappa shape index (κ1) is 19.3. The largest absolute Gasteiger partial charge is 0.416 e.